The number of benzene rings is 1. The second-order valence-electron chi connectivity index (χ2n) is 7.73. The minimum Gasteiger partial charge on any atom is -0.497 e. The van der Waals surface area contributed by atoms with Crippen molar-refractivity contribution in [3.05, 3.63) is 29.8 Å². The van der Waals surface area contributed by atoms with E-state index in [0.29, 0.717) is 11.3 Å². The number of carbonyl (C=O) groups is 1. The maximum Gasteiger partial charge on any atom is 0.328 e. The van der Waals surface area contributed by atoms with Gasteiger partial charge in [0, 0.05) is 0 Å². The summed E-state index contributed by atoms with van der Waals surface area (Å²) < 4.78 is 5.10. The molecular formula is C19H29NO4. The van der Waals surface area contributed by atoms with Crippen molar-refractivity contribution in [1.82, 2.24) is 5.06 Å². The summed E-state index contributed by atoms with van der Waals surface area (Å²) >= 11 is 0. The Balaban J connectivity index is 2.00. The molecule has 134 valence electrons. The summed E-state index contributed by atoms with van der Waals surface area (Å²) in [6.07, 6.45) is 2.10. The molecule has 1 N–H and O–H groups in total. The van der Waals surface area contributed by atoms with E-state index in [-0.39, 0.29) is 17.5 Å². The zero-order valence-corrected chi connectivity index (χ0v) is 15.3. The number of nitrogens with zero attached hydrogens (tertiary/aromatic N) is 1. The third-order valence-corrected chi connectivity index (χ3v) is 4.73. The van der Waals surface area contributed by atoms with Crippen molar-refractivity contribution in [3.63, 3.8) is 0 Å². The Bertz CT molecular complexity index is 549. The number of hydrogen-bond donors (Lipinski definition) is 1. The lowest BCUT2D eigenvalue weighted by Gasteiger charge is -2.50. The van der Waals surface area contributed by atoms with Gasteiger partial charge in [-0.1, -0.05) is 12.1 Å². The second kappa shape index (κ2) is 7.11. The summed E-state index contributed by atoms with van der Waals surface area (Å²) in [7, 11) is 1.59. The van der Waals surface area contributed by atoms with Crippen molar-refractivity contribution < 1.29 is 19.5 Å². The Labute approximate surface area is 144 Å². The molecule has 1 unspecified atom stereocenters. The lowest BCUT2D eigenvalue weighted by Crippen LogP contribution is -2.58. The molecule has 0 radical (unpaired) electrons. The van der Waals surface area contributed by atoms with Gasteiger partial charge >= 0.3 is 5.97 Å². The smallest absolute Gasteiger partial charge is 0.328 e. The first kappa shape index (κ1) is 18.7. The number of carbonyl (C=O) groups excluding carboxylic acids is 1. The van der Waals surface area contributed by atoms with Crippen molar-refractivity contribution in [3.8, 4) is 5.75 Å². The first-order valence-corrected chi connectivity index (χ1v) is 8.49. The molecule has 1 saturated heterocycles. The Morgan fingerprint density at radius 1 is 1.17 bits per heavy atom. The molecule has 0 amide bonds. The van der Waals surface area contributed by atoms with Crippen molar-refractivity contribution in [2.75, 3.05) is 7.11 Å². The van der Waals surface area contributed by atoms with Crippen LogP contribution in [-0.2, 0) is 9.63 Å². The molecule has 24 heavy (non-hydrogen) atoms. The van der Waals surface area contributed by atoms with Gasteiger partial charge in [0.05, 0.1) is 30.7 Å². The number of aliphatic hydroxyl groups is 1. The van der Waals surface area contributed by atoms with Crippen molar-refractivity contribution >= 4 is 5.97 Å². The molecule has 0 spiro atoms. The first-order valence-electron chi connectivity index (χ1n) is 8.49. The zero-order chi connectivity index (χ0) is 18.0. The van der Waals surface area contributed by atoms with E-state index >= 15 is 0 Å². The quantitative estimate of drug-likeness (QED) is 0.890. The minimum atomic E-state index is -0.889. The number of methoxy groups -OCH3 is 1. The molecule has 5 nitrogen and oxygen atoms in total. The fourth-order valence-electron chi connectivity index (χ4n) is 3.46. The highest BCUT2D eigenvalue weighted by Crippen LogP contribution is 2.38. The predicted octanol–water partition coefficient (Wildman–Crippen LogP) is 3.62. The number of rotatable bonds is 5. The molecule has 1 aromatic carbocycles. The monoisotopic (exact) mass is 335 g/mol. The SMILES string of the molecule is COc1ccc(C(O)CC(=O)ON2C(C)(C)CCCC2(C)C)cc1. The molecule has 1 atom stereocenters. The predicted molar refractivity (Wildman–Crippen MR) is 92.5 cm³/mol. The van der Waals surface area contributed by atoms with Gasteiger partial charge in [-0.15, -0.1) is 5.06 Å². The number of hydrogen-bond acceptors (Lipinski definition) is 5. The first-order chi connectivity index (χ1) is 11.2. The van der Waals surface area contributed by atoms with Crippen LogP contribution in [0.2, 0.25) is 0 Å². The lowest BCUT2D eigenvalue weighted by atomic mass is 9.82. The Morgan fingerprint density at radius 3 is 2.21 bits per heavy atom. The molecule has 1 heterocycles. The molecule has 1 fully saturated rings. The van der Waals surface area contributed by atoms with E-state index in [4.69, 9.17) is 9.57 Å². The normalized spacial score (nSPS) is 21.1. The summed E-state index contributed by atoms with van der Waals surface area (Å²) in [6, 6.07) is 7.04. The molecule has 5 heteroatoms. The van der Waals surface area contributed by atoms with Gasteiger partial charge in [-0.05, 0) is 64.7 Å². The minimum absolute atomic E-state index is 0.0744. The Kier molecular flexibility index (Phi) is 5.56. The highest BCUT2D eigenvalue weighted by Gasteiger charge is 2.44. The van der Waals surface area contributed by atoms with E-state index in [1.807, 2.05) is 5.06 Å². The molecule has 0 aliphatic carbocycles. The van der Waals surface area contributed by atoms with E-state index in [0.717, 1.165) is 19.3 Å². The second-order valence-corrected chi connectivity index (χ2v) is 7.73. The van der Waals surface area contributed by atoms with Crippen LogP contribution < -0.4 is 4.74 Å². The van der Waals surface area contributed by atoms with Crippen LogP contribution in [0.1, 0.15) is 65.0 Å². The van der Waals surface area contributed by atoms with Crippen LogP contribution in [0.25, 0.3) is 0 Å². The zero-order valence-electron chi connectivity index (χ0n) is 15.3. The number of aliphatic hydroxyl groups excluding tert-OH is 1. The summed E-state index contributed by atoms with van der Waals surface area (Å²) in [5, 5.41) is 12.1. The van der Waals surface area contributed by atoms with E-state index in [1.54, 1.807) is 31.4 Å². The third-order valence-electron chi connectivity index (χ3n) is 4.73. The summed E-state index contributed by atoms with van der Waals surface area (Å²) in [5.74, 6) is 0.298. The maximum atomic E-state index is 12.3. The highest BCUT2D eigenvalue weighted by atomic mass is 16.7. The van der Waals surface area contributed by atoms with Crippen LogP contribution in [0.15, 0.2) is 24.3 Å². The van der Waals surface area contributed by atoms with E-state index < -0.39 is 12.1 Å². The summed E-state index contributed by atoms with van der Waals surface area (Å²) in [5.41, 5.74) is 0.259. The van der Waals surface area contributed by atoms with Crippen LogP contribution in [0.5, 0.6) is 5.75 Å². The summed E-state index contributed by atoms with van der Waals surface area (Å²) in [6.45, 7) is 8.34. The third kappa shape index (κ3) is 4.28. The van der Waals surface area contributed by atoms with Gasteiger partial charge in [-0.3, -0.25) is 4.79 Å². The number of hydroxylamine groups is 2. The van der Waals surface area contributed by atoms with Crippen LogP contribution in [0, 0.1) is 0 Å². The van der Waals surface area contributed by atoms with Crippen molar-refractivity contribution in [2.24, 2.45) is 0 Å². The molecule has 1 aliphatic heterocycles. The number of piperidine rings is 1. The largest absolute Gasteiger partial charge is 0.497 e. The van der Waals surface area contributed by atoms with Crippen LogP contribution in [0.4, 0.5) is 0 Å². The molecule has 1 aromatic rings. The fraction of sp³-hybridized carbons (Fsp3) is 0.632. The van der Waals surface area contributed by atoms with Crippen LogP contribution in [-0.4, -0.2) is 34.3 Å². The molecule has 0 aromatic heterocycles. The molecule has 2 rings (SSSR count). The van der Waals surface area contributed by atoms with E-state index in [2.05, 4.69) is 27.7 Å². The van der Waals surface area contributed by atoms with Gasteiger partial charge in [0.1, 0.15) is 5.75 Å². The Morgan fingerprint density at radius 2 is 1.71 bits per heavy atom. The van der Waals surface area contributed by atoms with Gasteiger partial charge in [-0.25, -0.2) is 0 Å². The maximum absolute atomic E-state index is 12.3. The standard InChI is InChI=1S/C19H29NO4/c1-18(2)11-6-12-19(3,4)20(18)24-17(22)13-16(21)14-7-9-15(23-5)10-8-14/h7-10,16,21H,6,11-13H2,1-5H3. The fourth-order valence-corrected chi connectivity index (χ4v) is 3.46. The van der Waals surface area contributed by atoms with E-state index in [1.165, 1.54) is 0 Å². The Hall–Kier alpha value is -1.59. The molecule has 0 bridgehead atoms. The highest BCUT2D eigenvalue weighted by molar-refractivity contribution is 5.70. The van der Waals surface area contributed by atoms with Crippen molar-refractivity contribution in [2.45, 2.75) is 70.6 Å². The van der Waals surface area contributed by atoms with E-state index in [9.17, 15) is 9.90 Å². The van der Waals surface area contributed by atoms with Crippen LogP contribution >= 0.6 is 0 Å². The van der Waals surface area contributed by atoms with Gasteiger partial charge in [0.15, 0.2) is 0 Å². The average molecular weight is 335 g/mol. The molecule has 1 aliphatic rings. The summed E-state index contributed by atoms with van der Waals surface area (Å²) in [4.78, 5) is 18.0. The topological polar surface area (TPSA) is 59.0 Å². The van der Waals surface area contributed by atoms with Gasteiger partial charge in [-0.2, -0.15) is 0 Å². The number of ether oxygens (including phenoxy) is 1. The average Bonchev–Trinajstić information content (AvgIpc) is 2.50. The van der Waals surface area contributed by atoms with Crippen LogP contribution in [0.3, 0.4) is 0 Å². The lowest BCUT2D eigenvalue weighted by molar-refractivity contribution is -0.266. The van der Waals surface area contributed by atoms with Gasteiger partial charge < -0.3 is 14.7 Å². The van der Waals surface area contributed by atoms with Crippen molar-refractivity contribution in [1.29, 1.82) is 0 Å². The molecular weight excluding hydrogens is 306 g/mol. The van der Waals surface area contributed by atoms with Gasteiger partial charge in [0.25, 0.3) is 0 Å². The molecule has 0 saturated carbocycles. The van der Waals surface area contributed by atoms with Gasteiger partial charge in [0.2, 0.25) is 0 Å².